The summed E-state index contributed by atoms with van der Waals surface area (Å²) < 4.78 is 10.1. The first-order valence-corrected chi connectivity index (χ1v) is 7.38. The molecule has 6 nitrogen and oxygen atoms in total. The zero-order chi connectivity index (χ0) is 15.9. The van der Waals surface area contributed by atoms with E-state index in [1.165, 1.54) is 0 Å². The minimum atomic E-state index is -0.257. The molecule has 1 aliphatic rings. The lowest BCUT2D eigenvalue weighted by atomic mass is 10.2. The summed E-state index contributed by atoms with van der Waals surface area (Å²) in [7, 11) is 3.18. The molecule has 0 aromatic heterocycles. The Hall–Kier alpha value is -2.08. The summed E-state index contributed by atoms with van der Waals surface area (Å²) in [6, 6.07) is 7.22. The zero-order valence-corrected chi connectivity index (χ0v) is 12.9. The molecule has 1 aromatic carbocycles. The van der Waals surface area contributed by atoms with Gasteiger partial charge < -0.3 is 20.1 Å². The van der Waals surface area contributed by atoms with Gasteiger partial charge in [-0.2, -0.15) is 0 Å². The number of benzene rings is 1. The summed E-state index contributed by atoms with van der Waals surface area (Å²) in [5.41, 5.74) is 0.626. The van der Waals surface area contributed by atoms with Crippen LogP contribution in [0.1, 0.15) is 12.8 Å². The van der Waals surface area contributed by atoms with E-state index >= 15 is 0 Å². The van der Waals surface area contributed by atoms with Gasteiger partial charge in [0, 0.05) is 20.3 Å². The number of nitrogens with one attached hydrogen (secondary N) is 2. The number of anilines is 1. The van der Waals surface area contributed by atoms with Crippen molar-refractivity contribution < 1.29 is 19.1 Å². The van der Waals surface area contributed by atoms with Crippen molar-refractivity contribution in [2.24, 2.45) is 11.8 Å². The highest BCUT2D eigenvalue weighted by Crippen LogP contribution is 2.40. The Morgan fingerprint density at radius 3 is 2.64 bits per heavy atom. The topological polar surface area (TPSA) is 76.7 Å². The average molecular weight is 306 g/mol. The van der Waals surface area contributed by atoms with Crippen LogP contribution >= 0.6 is 0 Å². The molecule has 22 heavy (non-hydrogen) atoms. The van der Waals surface area contributed by atoms with Crippen LogP contribution in [0, 0.1) is 11.8 Å². The molecule has 0 heterocycles. The Kier molecular flexibility index (Phi) is 5.77. The van der Waals surface area contributed by atoms with Crippen LogP contribution in [0.15, 0.2) is 24.3 Å². The summed E-state index contributed by atoms with van der Waals surface area (Å²) in [5.74, 6) is -0.0699. The van der Waals surface area contributed by atoms with Crippen molar-refractivity contribution >= 4 is 17.5 Å². The van der Waals surface area contributed by atoms with E-state index in [2.05, 4.69) is 10.6 Å². The van der Waals surface area contributed by atoms with E-state index in [1.807, 2.05) is 12.1 Å². The maximum absolute atomic E-state index is 12.2. The molecular formula is C16H22N2O4. The highest BCUT2D eigenvalue weighted by atomic mass is 16.5. The van der Waals surface area contributed by atoms with E-state index in [-0.39, 0.29) is 23.7 Å². The Bertz CT molecular complexity index is 533. The van der Waals surface area contributed by atoms with E-state index in [0.717, 1.165) is 6.42 Å². The Morgan fingerprint density at radius 1 is 1.18 bits per heavy atom. The standard InChI is InChI=1S/C16H22N2O4/c1-21-9-5-8-17-15(19)11-10-12(11)16(20)18-13-6-3-4-7-14(13)22-2/h3-4,6-7,11-12H,5,8-10H2,1-2H3,(H,17,19)(H,18,20). The Balaban J connectivity index is 1.79. The molecule has 0 aliphatic heterocycles. The monoisotopic (exact) mass is 306 g/mol. The molecule has 2 amide bonds. The number of amides is 2. The second-order valence-electron chi connectivity index (χ2n) is 5.28. The fraction of sp³-hybridized carbons (Fsp3) is 0.500. The Labute approximate surface area is 130 Å². The lowest BCUT2D eigenvalue weighted by Gasteiger charge is -2.09. The van der Waals surface area contributed by atoms with E-state index in [1.54, 1.807) is 26.4 Å². The molecular weight excluding hydrogens is 284 g/mol. The normalized spacial score (nSPS) is 19.4. The van der Waals surface area contributed by atoms with Gasteiger partial charge in [0.2, 0.25) is 11.8 Å². The van der Waals surface area contributed by atoms with Crippen molar-refractivity contribution in [3.05, 3.63) is 24.3 Å². The van der Waals surface area contributed by atoms with Crippen LogP contribution in [0.5, 0.6) is 5.75 Å². The molecule has 1 saturated carbocycles. The van der Waals surface area contributed by atoms with Crippen molar-refractivity contribution in [1.82, 2.24) is 5.32 Å². The van der Waals surface area contributed by atoms with Gasteiger partial charge in [0.1, 0.15) is 5.75 Å². The second kappa shape index (κ2) is 7.79. The first-order chi connectivity index (χ1) is 10.7. The largest absolute Gasteiger partial charge is 0.495 e. The van der Waals surface area contributed by atoms with Gasteiger partial charge in [0.15, 0.2) is 0 Å². The number of carbonyl (C=O) groups excluding carboxylic acids is 2. The lowest BCUT2D eigenvalue weighted by Crippen LogP contribution is -2.28. The molecule has 2 N–H and O–H groups in total. The fourth-order valence-electron chi connectivity index (χ4n) is 2.31. The predicted molar refractivity (Wildman–Crippen MR) is 82.7 cm³/mol. The molecule has 1 aromatic rings. The van der Waals surface area contributed by atoms with E-state index in [0.29, 0.717) is 31.0 Å². The van der Waals surface area contributed by atoms with Crippen LogP contribution < -0.4 is 15.4 Å². The summed E-state index contributed by atoms with van der Waals surface area (Å²) in [4.78, 5) is 24.1. The fourth-order valence-corrected chi connectivity index (χ4v) is 2.31. The van der Waals surface area contributed by atoms with E-state index < -0.39 is 0 Å². The van der Waals surface area contributed by atoms with Gasteiger partial charge in [-0.3, -0.25) is 9.59 Å². The second-order valence-corrected chi connectivity index (χ2v) is 5.28. The molecule has 2 atom stereocenters. The van der Waals surface area contributed by atoms with Gasteiger partial charge in [-0.1, -0.05) is 12.1 Å². The number of hydrogen-bond acceptors (Lipinski definition) is 4. The van der Waals surface area contributed by atoms with Crippen molar-refractivity contribution in [3.8, 4) is 5.75 Å². The molecule has 1 aliphatic carbocycles. The van der Waals surface area contributed by atoms with Gasteiger partial charge in [0.25, 0.3) is 0 Å². The number of para-hydroxylation sites is 2. The molecule has 2 unspecified atom stereocenters. The molecule has 6 heteroatoms. The van der Waals surface area contributed by atoms with Gasteiger partial charge >= 0.3 is 0 Å². The first-order valence-electron chi connectivity index (χ1n) is 7.38. The average Bonchev–Trinajstić information content (AvgIpc) is 3.32. The molecule has 2 rings (SSSR count). The van der Waals surface area contributed by atoms with E-state index in [9.17, 15) is 9.59 Å². The highest BCUT2D eigenvalue weighted by Gasteiger charge is 2.47. The van der Waals surface area contributed by atoms with Crippen LogP contribution in [0.4, 0.5) is 5.69 Å². The van der Waals surface area contributed by atoms with Crippen molar-refractivity contribution in [3.63, 3.8) is 0 Å². The minimum absolute atomic E-state index is 0.0590. The van der Waals surface area contributed by atoms with Crippen LogP contribution in [0.2, 0.25) is 0 Å². The summed E-state index contributed by atoms with van der Waals surface area (Å²) in [5, 5.41) is 5.65. The third-order valence-corrected chi connectivity index (χ3v) is 3.65. The van der Waals surface area contributed by atoms with Crippen LogP contribution in [-0.2, 0) is 14.3 Å². The molecule has 0 spiro atoms. The number of rotatable bonds is 8. The lowest BCUT2D eigenvalue weighted by molar-refractivity contribution is -0.125. The molecule has 1 fully saturated rings. The van der Waals surface area contributed by atoms with Crippen molar-refractivity contribution in [2.75, 3.05) is 32.7 Å². The first kappa shape index (κ1) is 16.3. The van der Waals surface area contributed by atoms with Gasteiger partial charge in [-0.15, -0.1) is 0 Å². The highest BCUT2D eigenvalue weighted by molar-refractivity contribution is 6.00. The summed E-state index contributed by atoms with van der Waals surface area (Å²) >= 11 is 0. The number of carbonyl (C=O) groups is 2. The van der Waals surface area contributed by atoms with Gasteiger partial charge in [-0.05, 0) is 25.0 Å². The SMILES string of the molecule is COCCCNC(=O)C1CC1C(=O)Nc1ccccc1OC. The zero-order valence-electron chi connectivity index (χ0n) is 12.9. The molecule has 0 saturated heterocycles. The smallest absolute Gasteiger partial charge is 0.228 e. The van der Waals surface area contributed by atoms with Gasteiger partial charge in [0.05, 0.1) is 24.6 Å². The van der Waals surface area contributed by atoms with Crippen molar-refractivity contribution in [2.45, 2.75) is 12.8 Å². The minimum Gasteiger partial charge on any atom is -0.495 e. The molecule has 120 valence electrons. The van der Waals surface area contributed by atoms with Gasteiger partial charge in [-0.25, -0.2) is 0 Å². The van der Waals surface area contributed by atoms with E-state index in [4.69, 9.17) is 9.47 Å². The van der Waals surface area contributed by atoms with Crippen LogP contribution in [0.25, 0.3) is 0 Å². The number of hydrogen-bond donors (Lipinski definition) is 2. The maximum atomic E-state index is 12.2. The Morgan fingerprint density at radius 2 is 1.91 bits per heavy atom. The molecule has 0 bridgehead atoms. The quantitative estimate of drug-likeness (QED) is 0.712. The third kappa shape index (κ3) is 4.21. The summed E-state index contributed by atoms with van der Waals surface area (Å²) in [6.07, 6.45) is 1.37. The van der Waals surface area contributed by atoms with Crippen LogP contribution in [-0.4, -0.2) is 39.2 Å². The van der Waals surface area contributed by atoms with Crippen LogP contribution in [0.3, 0.4) is 0 Å². The number of methoxy groups -OCH3 is 2. The maximum Gasteiger partial charge on any atom is 0.228 e. The van der Waals surface area contributed by atoms with Crippen molar-refractivity contribution in [1.29, 1.82) is 0 Å². The third-order valence-electron chi connectivity index (χ3n) is 3.65. The molecule has 0 radical (unpaired) electrons. The number of ether oxygens (including phenoxy) is 2. The summed E-state index contributed by atoms with van der Waals surface area (Å²) in [6.45, 7) is 1.19. The predicted octanol–water partition coefficient (Wildman–Crippen LogP) is 1.42.